The van der Waals surface area contributed by atoms with Crippen molar-refractivity contribution in [3.05, 3.63) is 0 Å². The van der Waals surface area contributed by atoms with Crippen molar-refractivity contribution in [1.82, 2.24) is 9.62 Å². The topological polar surface area (TPSA) is 49.4 Å². The minimum atomic E-state index is -3.03. The molecule has 1 aliphatic carbocycles. The molecule has 1 saturated carbocycles. The molecule has 0 bridgehead atoms. The van der Waals surface area contributed by atoms with Gasteiger partial charge in [0.1, 0.15) is 0 Å². The van der Waals surface area contributed by atoms with Crippen molar-refractivity contribution in [3.63, 3.8) is 0 Å². The first-order valence-electron chi connectivity index (χ1n) is 6.93. The second kappa shape index (κ2) is 6.35. The molecule has 0 aromatic rings. The smallest absolute Gasteiger partial charge is 0.211 e. The maximum Gasteiger partial charge on any atom is 0.211 e. The Morgan fingerprint density at radius 3 is 2.50 bits per heavy atom. The quantitative estimate of drug-likeness (QED) is 0.722. The predicted octanol–water partition coefficient (Wildman–Crippen LogP) is 1.83. The van der Waals surface area contributed by atoms with Gasteiger partial charge in [0.05, 0.1) is 6.26 Å². The van der Waals surface area contributed by atoms with E-state index in [0.717, 1.165) is 13.0 Å². The maximum absolute atomic E-state index is 11.4. The minimum Gasteiger partial charge on any atom is -0.314 e. The van der Waals surface area contributed by atoms with Crippen LogP contribution in [0, 0.1) is 5.41 Å². The van der Waals surface area contributed by atoms with E-state index in [-0.39, 0.29) is 0 Å². The molecule has 0 aromatic carbocycles. The van der Waals surface area contributed by atoms with Crippen molar-refractivity contribution in [3.8, 4) is 0 Å². The second-order valence-electron chi connectivity index (χ2n) is 6.17. The molecule has 0 heterocycles. The van der Waals surface area contributed by atoms with E-state index in [2.05, 4.69) is 19.2 Å². The van der Waals surface area contributed by atoms with Gasteiger partial charge < -0.3 is 5.32 Å². The Hall–Kier alpha value is -0.130. The van der Waals surface area contributed by atoms with E-state index in [1.54, 1.807) is 0 Å². The number of hydrogen-bond donors (Lipinski definition) is 1. The molecular weight excluding hydrogens is 248 g/mol. The zero-order valence-electron chi connectivity index (χ0n) is 12.2. The van der Waals surface area contributed by atoms with Gasteiger partial charge in [-0.2, -0.15) is 0 Å². The van der Waals surface area contributed by atoms with Crippen LogP contribution >= 0.6 is 0 Å². The van der Waals surface area contributed by atoms with E-state index in [1.807, 2.05) is 6.92 Å². The molecule has 0 spiro atoms. The average Bonchev–Trinajstić information content (AvgIpc) is 2.56. The molecule has 4 nitrogen and oxygen atoms in total. The number of nitrogens with one attached hydrogen (secondary N) is 1. The van der Waals surface area contributed by atoms with Gasteiger partial charge in [0.2, 0.25) is 10.0 Å². The maximum atomic E-state index is 11.4. The lowest BCUT2D eigenvalue weighted by molar-refractivity contribution is 0.360. The molecule has 5 heteroatoms. The molecule has 1 fully saturated rings. The first kappa shape index (κ1) is 15.9. The van der Waals surface area contributed by atoms with Crippen LogP contribution < -0.4 is 5.32 Å². The molecule has 1 rings (SSSR count). The van der Waals surface area contributed by atoms with E-state index in [0.29, 0.717) is 24.5 Å². The van der Waals surface area contributed by atoms with Gasteiger partial charge in [-0.1, -0.05) is 20.8 Å². The van der Waals surface area contributed by atoms with Gasteiger partial charge in [-0.05, 0) is 37.6 Å². The van der Waals surface area contributed by atoms with Gasteiger partial charge in [0, 0.05) is 19.1 Å². The fourth-order valence-electron chi connectivity index (χ4n) is 2.73. The highest BCUT2D eigenvalue weighted by Gasteiger charge is 2.30. The van der Waals surface area contributed by atoms with Crippen molar-refractivity contribution in [1.29, 1.82) is 0 Å². The lowest BCUT2D eigenvalue weighted by Gasteiger charge is -2.20. The van der Waals surface area contributed by atoms with Crippen LogP contribution in [0.2, 0.25) is 0 Å². The van der Waals surface area contributed by atoms with Crippen LogP contribution in [0.1, 0.15) is 46.5 Å². The summed E-state index contributed by atoms with van der Waals surface area (Å²) < 4.78 is 24.3. The highest BCUT2D eigenvalue weighted by molar-refractivity contribution is 7.88. The van der Waals surface area contributed by atoms with Crippen molar-refractivity contribution < 1.29 is 8.42 Å². The highest BCUT2D eigenvalue weighted by Crippen LogP contribution is 2.36. The van der Waals surface area contributed by atoms with Crippen LogP contribution in [0.15, 0.2) is 0 Å². The SMILES string of the molecule is CCN(CCCNC1CCC(C)(C)C1)S(C)(=O)=O. The minimum absolute atomic E-state index is 0.472. The van der Waals surface area contributed by atoms with Crippen LogP contribution in [-0.4, -0.2) is 44.7 Å². The summed E-state index contributed by atoms with van der Waals surface area (Å²) in [5.41, 5.74) is 0.472. The molecule has 1 unspecified atom stereocenters. The summed E-state index contributed by atoms with van der Waals surface area (Å²) in [5.74, 6) is 0. The fraction of sp³-hybridized carbons (Fsp3) is 1.00. The molecule has 18 heavy (non-hydrogen) atoms. The van der Waals surface area contributed by atoms with E-state index < -0.39 is 10.0 Å². The van der Waals surface area contributed by atoms with E-state index in [4.69, 9.17) is 0 Å². The first-order valence-corrected chi connectivity index (χ1v) is 8.78. The van der Waals surface area contributed by atoms with Gasteiger partial charge in [-0.3, -0.25) is 0 Å². The van der Waals surface area contributed by atoms with Crippen LogP contribution in [0.4, 0.5) is 0 Å². The molecule has 0 saturated heterocycles. The summed E-state index contributed by atoms with van der Waals surface area (Å²) in [6, 6.07) is 0.619. The molecule has 1 atom stereocenters. The van der Waals surface area contributed by atoms with Crippen LogP contribution in [-0.2, 0) is 10.0 Å². The van der Waals surface area contributed by atoms with E-state index >= 15 is 0 Å². The summed E-state index contributed by atoms with van der Waals surface area (Å²) in [6.07, 6.45) is 5.93. The Kier molecular flexibility index (Phi) is 5.62. The highest BCUT2D eigenvalue weighted by atomic mass is 32.2. The lowest BCUT2D eigenvalue weighted by Crippen LogP contribution is -2.34. The summed E-state index contributed by atoms with van der Waals surface area (Å²) in [4.78, 5) is 0. The molecule has 1 N–H and O–H groups in total. The average molecular weight is 276 g/mol. The molecule has 0 radical (unpaired) electrons. The number of sulfonamides is 1. The van der Waals surface area contributed by atoms with Crippen LogP contribution in [0.25, 0.3) is 0 Å². The number of hydrogen-bond acceptors (Lipinski definition) is 3. The molecule has 1 aliphatic rings. The Bertz CT molecular complexity index is 352. The Labute approximate surface area is 112 Å². The zero-order valence-corrected chi connectivity index (χ0v) is 13.0. The van der Waals surface area contributed by atoms with Gasteiger partial charge in [0.25, 0.3) is 0 Å². The van der Waals surface area contributed by atoms with Gasteiger partial charge >= 0.3 is 0 Å². The molecule has 0 amide bonds. The third-order valence-electron chi connectivity index (χ3n) is 3.81. The van der Waals surface area contributed by atoms with Gasteiger partial charge in [-0.25, -0.2) is 12.7 Å². The van der Waals surface area contributed by atoms with Crippen LogP contribution in [0.5, 0.6) is 0 Å². The van der Waals surface area contributed by atoms with Crippen molar-refractivity contribution in [2.45, 2.75) is 52.5 Å². The predicted molar refractivity (Wildman–Crippen MR) is 76.1 cm³/mol. The summed E-state index contributed by atoms with van der Waals surface area (Å²) in [6.45, 7) is 8.61. The summed E-state index contributed by atoms with van der Waals surface area (Å²) >= 11 is 0. The lowest BCUT2D eigenvalue weighted by atomic mass is 9.92. The van der Waals surface area contributed by atoms with E-state index in [1.165, 1.54) is 29.8 Å². The summed E-state index contributed by atoms with van der Waals surface area (Å²) in [5, 5.41) is 3.55. The third-order valence-corrected chi connectivity index (χ3v) is 5.19. The third kappa shape index (κ3) is 5.24. The zero-order chi connectivity index (χ0) is 13.8. The van der Waals surface area contributed by atoms with Crippen molar-refractivity contribution in [2.75, 3.05) is 25.9 Å². The Morgan fingerprint density at radius 2 is 2.06 bits per heavy atom. The first-order chi connectivity index (χ1) is 8.24. The van der Waals surface area contributed by atoms with Gasteiger partial charge in [-0.15, -0.1) is 0 Å². The second-order valence-corrected chi connectivity index (χ2v) is 8.15. The largest absolute Gasteiger partial charge is 0.314 e. The Balaban J connectivity index is 2.19. The number of nitrogens with zero attached hydrogens (tertiary/aromatic N) is 1. The van der Waals surface area contributed by atoms with E-state index in [9.17, 15) is 8.42 Å². The molecule has 0 aliphatic heterocycles. The van der Waals surface area contributed by atoms with Crippen LogP contribution in [0.3, 0.4) is 0 Å². The van der Waals surface area contributed by atoms with Gasteiger partial charge in [0.15, 0.2) is 0 Å². The Morgan fingerprint density at radius 1 is 1.39 bits per heavy atom. The monoisotopic (exact) mass is 276 g/mol. The number of rotatable bonds is 7. The summed E-state index contributed by atoms with van der Waals surface area (Å²) in [7, 11) is -3.03. The van der Waals surface area contributed by atoms with Crippen molar-refractivity contribution in [2.24, 2.45) is 5.41 Å². The molecular formula is C13H28N2O2S. The molecule has 108 valence electrons. The normalized spacial score (nSPS) is 23.7. The molecule has 0 aromatic heterocycles. The fourth-order valence-corrected chi connectivity index (χ4v) is 3.66. The van der Waals surface area contributed by atoms with Crippen molar-refractivity contribution >= 4 is 10.0 Å². The standard InChI is InChI=1S/C13H28N2O2S/c1-5-15(18(4,16)17)10-6-9-14-12-7-8-13(2,3)11-12/h12,14H,5-11H2,1-4H3.